The first-order valence-corrected chi connectivity index (χ1v) is 6.87. The van der Waals surface area contributed by atoms with Crippen LogP contribution >= 0.6 is 22.9 Å². The van der Waals surface area contributed by atoms with Crippen LogP contribution in [-0.4, -0.2) is 18.1 Å². The highest BCUT2D eigenvalue weighted by molar-refractivity contribution is 7.14. The van der Waals surface area contributed by atoms with Gasteiger partial charge in [-0.2, -0.15) is 0 Å². The molecule has 17 heavy (non-hydrogen) atoms. The van der Waals surface area contributed by atoms with Gasteiger partial charge in [-0.25, -0.2) is 4.98 Å². The van der Waals surface area contributed by atoms with E-state index in [0.717, 1.165) is 46.6 Å². The van der Waals surface area contributed by atoms with Gasteiger partial charge < -0.3 is 9.73 Å². The van der Waals surface area contributed by atoms with Crippen LogP contribution in [0.3, 0.4) is 0 Å². The van der Waals surface area contributed by atoms with E-state index in [2.05, 4.69) is 17.2 Å². The molecule has 2 aromatic rings. The van der Waals surface area contributed by atoms with Crippen molar-refractivity contribution in [1.29, 1.82) is 0 Å². The lowest BCUT2D eigenvalue weighted by atomic mass is 10.3. The molecule has 1 N–H and O–H groups in total. The molecule has 0 amide bonds. The summed E-state index contributed by atoms with van der Waals surface area (Å²) >= 11 is 7.78. The van der Waals surface area contributed by atoms with Gasteiger partial charge in [-0.05, 0) is 24.4 Å². The molecule has 0 saturated heterocycles. The van der Waals surface area contributed by atoms with E-state index in [9.17, 15) is 0 Å². The minimum Gasteiger partial charge on any atom is -0.440 e. The molecule has 0 spiro atoms. The first-order chi connectivity index (χ1) is 8.22. The predicted octanol–water partition coefficient (Wildman–Crippen LogP) is 3.52. The Morgan fingerprint density at radius 3 is 3.00 bits per heavy atom. The molecule has 3 nitrogen and oxygen atoms in total. The van der Waals surface area contributed by atoms with Crippen molar-refractivity contribution in [2.45, 2.75) is 20.3 Å². The number of hydrogen-bond acceptors (Lipinski definition) is 4. The van der Waals surface area contributed by atoms with Crippen LogP contribution < -0.4 is 5.32 Å². The predicted molar refractivity (Wildman–Crippen MR) is 71.8 cm³/mol. The summed E-state index contributed by atoms with van der Waals surface area (Å²) in [4.78, 5) is 5.22. The Labute approximate surface area is 110 Å². The van der Waals surface area contributed by atoms with Crippen LogP contribution in [0.5, 0.6) is 0 Å². The van der Waals surface area contributed by atoms with E-state index in [0.29, 0.717) is 0 Å². The smallest absolute Gasteiger partial charge is 0.196 e. The number of aromatic nitrogens is 1. The Bertz CT molecular complexity index is 492. The summed E-state index contributed by atoms with van der Waals surface area (Å²) in [6.07, 6.45) is 2.55. The molecule has 5 heteroatoms. The van der Waals surface area contributed by atoms with Gasteiger partial charge in [0, 0.05) is 13.0 Å². The monoisotopic (exact) mass is 270 g/mol. The zero-order valence-corrected chi connectivity index (χ0v) is 11.5. The van der Waals surface area contributed by atoms with Crippen LogP contribution in [0, 0.1) is 6.92 Å². The maximum Gasteiger partial charge on any atom is 0.196 e. The third kappa shape index (κ3) is 2.89. The average molecular weight is 271 g/mol. The second-order valence-electron chi connectivity index (χ2n) is 3.78. The quantitative estimate of drug-likeness (QED) is 0.845. The van der Waals surface area contributed by atoms with Crippen molar-refractivity contribution in [2.24, 2.45) is 0 Å². The number of likely N-dealkylation sites (N-methyl/N-ethyl adjacent to an activating group) is 1. The summed E-state index contributed by atoms with van der Waals surface area (Å²) in [5, 5.41) is 6.03. The maximum atomic E-state index is 6.19. The average Bonchev–Trinajstić information content (AvgIpc) is 2.89. The molecule has 0 unspecified atom stereocenters. The molecule has 0 saturated carbocycles. The molecule has 0 aromatic carbocycles. The second-order valence-corrected chi connectivity index (χ2v) is 5.04. The lowest BCUT2D eigenvalue weighted by Crippen LogP contribution is -2.16. The van der Waals surface area contributed by atoms with Gasteiger partial charge in [0.2, 0.25) is 0 Å². The highest BCUT2D eigenvalue weighted by Crippen LogP contribution is 2.36. The number of hydrogen-bond donors (Lipinski definition) is 1. The van der Waals surface area contributed by atoms with Crippen molar-refractivity contribution in [3.05, 3.63) is 28.1 Å². The van der Waals surface area contributed by atoms with Crippen LogP contribution in [0.4, 0.5) is 0 Å². The van der Waals surface area contributed by atoms with Crippen molar-refractivity contribution in [1.82, 2.24) is 10.3 Å². The van der Waals surface area contributed by atoms with E-state index in [1.807, 2.05) is 12.3 Å². The number of nitrogens with one attached hydrogen (secondary N) is 1. The van der Waals surface area contributed by atoms with Gasteiger partial charge in [-0.1, -0.05) is 18.5 Å². The van der Waals surface area contributed by atoms with Crippen LogP contribution in [0.15, 0.2) is 16.0 Å². The van der Waals surface area contributed by atoms with Gasteiger partial charge in [0.05, 0.1) is 16.1 Å². The summed E-state index contributed by atoms with van der Waals surface area (Å²) in [5.41, 5.74) is 1.08. The van der Waals surface area contributed by atoms with Gasteiger partial charge >= 0.3 is 0 Å². The summed E-state index contributed by atoms with van der Waals surface area (Å²) < 4.78 is 5.69. The van der Waals surface area contributed by atoms with Crippen molar-refractivity contribution in [3.63, 3.8) is 0 Å². The fourth-order valence-corrected chi connectivity index (χ4v) is 2.73. The van der Waals surface area contributed by atoms with Crippen LogP contribution in [0.25, 0.3) is 10.6 Å². The van der Waals surface area contributed by atoms with Crippen LogP contribution in [-0.2, 0) is 6.42 Å². The van der Waals surface area contributed by atoms with Crippen LogP contribution in [0.1, 0.15) is 18.4 Å². The minimum absolute atomic E-state index is 0.753. The molecular formula is C12H15ClN2OS. The first kappa shape index (κ1) is 12.6. The number of aryl methyl sites for hydroxylation is 1. The van der Waals surface area contributed by atoms with Gasteiger partial charge in [0.15, 0.2) is 11.7 Å². The molecule has 0 fully saturated rings. The fraction of sp³-hybridized carbons (Fsp3) is 0.417. The topological polar surface area (TPSA) is 38.1 Å². The Morgan fingerprint density at radius 1 is 1.53 bits per heavy atom. The Kier molecular flexibility index (Phi) is 4.20. The molecule has 2 rings (SSSR count). The summed E-state index contributed by atoms with van der Waals surface area (Å²) in [7, 11) is 0. The summed E-state index contributed by atoms with van der Waals surface area (Å²) in [6, 6.07) is 0. The molecular weight excluding hydrogens is 256 g/mol. The Balaban J connectivity index is 2.10. The number of rotatable bonds is 5. The maximum absolute atomic E-state index is 6.19. The number of oxazole rings is 1. The minimum atomic E-state index is 0.753. The van der Waals surface area contributed by atoms with Gasteiger partial charge in [0.1, 0.15) is 0 Å². The van der Waals surface area contributed by atoms with Gasteiger partial charge in [-0.15, -0.1) is 11.3 Å². The second kappa shape index (κ2) is 5.67. The lowest BCUT2D eigenvalue weighted by molar-refractivity contribution is 0.498. The standard InChI is InChI=1S/C12H15ClN2OS/c1-3-14-5-4-10-15-6-9(16-10)12-11(13)8(2)7-17-12/h6-7,14H,3-5H2,1-2H3. The normalized spacial score (nSPS) is 11.0. The molecule has 0 aliphatic carbocycles. The fourth-order valence-electron chi connectivity index (χ4n) is 1.50. The largest absolute Gasteiger partial charge is 0.440 e. The van der Waals surface area contributed by atoms with Crippen molar-refractivity contribution in [2.75, 3.05) is 13.1 Å². The van der Waals surface area contributed by atoms with E-state index in [4.69, 9.17) is 16.0 Å². The third-order valence-electron chi connectivity index (χ3n) is 2.44. The molecule has 2 heterocycles. The van der Waals surface area contributed by atoms with E-state index in [1.54, 1.807) is 17.5 Å². The molecule has 0 aliphatic rings. The highest BCUT2D eigenvalue weighted by atomic mass is 35.5. The molecule has 0 radical (unpaired) electrons. The molecule has 0 bridgehead atoms. The first-order valence-electron chi connectivity index (χ1n) is 5.61. The van der Waals surface area contributed by atoms with Crippen LogP contribution in [0.2, 0.25) is 5.02 Å². The molecule has 2 aromatic heterocycles. The van der Waals surface area contributed by atoms with E-state index >= 15 is 0 Å². The summed E-state index contributed by atoms with van der Waals surface area (Å²) in [6.45, 7) is 5.91. The SMILES string of the molecule is CCNCCc1ncc(-c2scc(C)c2Cl)o1. The number of nitrogens with zero attached hydrogens (tertiary/aromatic N) is 1. The molecule has 0 atom stereocenters. The van der Waals surface area contributed by atoms with Crippen molar-refractivity contribution in [3.8, 4) is 10.6 Å². The highest BCUT2D eigenvalue weighted by Gasteiger charge is 2.13. The molecule has 0 aliphatic heterocycles. The van der Waals surface area contributed by atoms with E-state index < -0.39 is 0 Å². The lowest BCUT2D eigenvalue weighted by Gasteiger charge is -1.97. The van der Waals surface area contributed by atoms with E-state index in [-0.39, 0.29) is 0 Å². The Morgan fingerprint density at radius 2 is 2.35 bits per heavy atom. The van der Waals surface area contributed by atoms with Gasteiger partial charge in [-0.3, -0.25) is 0 Å². The zero-order valence-electron chi connectivity index (χ0n) is 9.92. The molecule has 92 valence electrons. The summed E-state index contributed by atoms with van der Waals surface area (Å²) in [5.74, 6) is 1.52. The van der Waals surface area contributed by atoms with Gasteiger partial charge in [0.25, 0.3) is 0 Å². The van der Waals surface area contributed by atoms with E-state index in [1.165, 1.54) is 0 Å². The number of thiophene rings is 1. The third-order valence-corrected chi connectivity index (χ3v) is 4.15. The van der Waals surface area contributed by atoms with Crippen molar-refractivity contribution >= 4 is 22.9 Å². The zero-order chi connectivity index (χ0) is 12.3. The number of halogens is 1. The Hall–Kier alpha value is -0.840. The van der Waals surface area contributed by atoms with Crippen molar-refractivity contribution < 1.29 is 4.42 Å².